The minimum atomic E-state index is -4.43. The topological polar surface area (TPSA) is 42.4 Å². The van der Waals surface area contributed by atoms with Gasteiger partial charge in [-0.05, 0) is 18.8 Å². The number of aromatic nitrogens is 1. The number of esters is 1. The first-order valence-electron chi connectivity index (χ1n) is 6.73. The van der Waals surface area contributed by atoms with Gasteiger partial charge in [-0.3, -0.25) is 4.79 Å². The van der Waals surface area contributed by atoms with Crippen molar-refractivity contribution in [3.8, 4) is 0 Å². The van der Waals surface area contributed by atoms with Crippen LogP contribution in [-0.2, 0) is 15.7 Å². The number of halogens is 3. The van der Waals surface area contributed by atoms with E-state index in [2.05, 4.69) is 4.98 Å². The van der Waals surface area contributed by atoms with E-state index in [4.69, 9.17) is 4.74 Å². The highest BCUT2D eigenvalue weighted by molar-refractivity contribution is 7.13. The van der Waals surface area contributed by atoms with Crippen LogP contribution in [0.15, 0.2) is 5.38 Å². The molecule has 1 saturated carbocycles. The Morgan fingerprint density at radius 1 is 1.57 bits per heavy atom. The second-order valence-electron chi connectivity index (χ2n) is 5.63. The molecule has 1 aromatic heterocycles. The van der Waals surface area contributed by atoms with Gasteiger partial charge in [0.25, 0.3) is 0 Å². The Kier molecular flexibility index (Phi) is 3.38. The zero-order valence-electron chi connectivity index (χ0n) is 11.4. The zero-order valence-corrected chi connectivity index (χ0v) is 12.3. The summed E-state index contributed by atoms with van der Waals surface area (Å²) in [7, 11) is 1.36. The maximum atomic E-state index is 12.6. The van der Waals surface area contributed by atoms with E-state index < -0.39 is 17.3 Å². The molecule has 0 bridgehead atoms. The fourth-order valence-corrected chi connectivity index (χ4v) is 4.35. The molecular formula is C13H15F3N2O2S. The molecule has 2 heterocycles. The molecule has 4 nitrogen and oxygen atoms in total. The molecule has 3 rings (SSSR count). The summed E-state index contributed by atoms with van der Waals surface area (Å²) in [4.78, 5) is 17.6. The molecule has 21 heavy (non-hydrogen) atoms. The molecular weight excluding hydrogens is 305 g/mol. The van der Waals surface area contributed by atoms with Crippen molar-refractivity contribution in [1.82, 2.24) is 4.98 Å². The lowest BCUT2D eigenvalue weighted by atomic mass is 9.81. The lowest BCUT2D eigenvalue weighted by molar-refractivity contribution is -0.153. The van der Waals surface area contributed by atoms with Crippen molar-refractivity contribution >= 4 is 22.4 Å². The predicted octanol–water partition coefficient (Wildman–Crippen LogP) is 2.94. The van der Waals surface area contributed by atoms with Crippen molar-refractivity contribution in [3.05, 3.63) is 11.1 Å². The number of alkyl halides is 3. The van der Waals surface area contributed by atoms with Crippen molar-refractivity contribution in [1.29, 1.82) is 0 Å². The van der Waals surface area contributed by atoms with Crippen LogP contribution in [0, 0.1) is 11.3 Å². The standard InChI is InChI=1S/C13H15F3N2O2S/c1-20-10(19)12-4-2-3-8(12)5-18(7-12)11-17-9(6-21-11)13(14,15)16/h6,8H,2-5,7H2,1H3. The average molecular weight is 320 g/mol. The number of carbonyl (C=O) groups excluding carboxylic acids is 1. The van der Waals surface area contributed by atoms with Crippen LogP contribution in [0.3, 0.4) is 0 Å². The molecule has 1 aromatic rings. The number of anilines is 1. The Balaban J connectivity index is 1.83. The summed E-state index contributed by atoms with van der Waals surface area (Å²) >= 11 is 0.973. The maximum absolute atomic E-state index is 12.6. The van der Waals surface area contributed by atoms with Gasteiger partial charge in [0.2, 0.25) is 0 Å². The number of methoxy groups -OCH3 is 1. The number of nitrogens with zero attached hydrogens (tertiary/aromatic N) is 2. The van der Waals surface area contributed by atoms with E-state index in [1.807, 2.05) is 0 Å². The summed E-state index contributed by atoms with van der Waals surface area (Å²) in [5, 5.41) is 1.36. The third-order valence-corrected chi connectivity index (χ3v) is 5.42. The highest BCUT2D eigenvalue weighted by Crippen LogP contribution is 2.50. The van der Waals surface area contributed by atoms with Crippen molar-refractivity contribution in [3.63, 3.8) is 0 Å². The molecule has 8 heteroatoms. The quantitative estimate of drug-likeness (QED) is 0.786. The number of carbonyl (C=O) groups is 1. The van der Waals surface area contributed by atoms with E-state index in [-0.39, 0.29) is 11.9 Å². The van der Waals surface area contributed by atoms with Crippen LogP contribution in [0.5, 0.6) is 0 Å². The molecule has 0 radical (unpaired) electrons. The molecule has 1 aliphatic carbocycles. The van der Waals surface area contributed by atoms with Crippen molar-refractivity contribution in [2.75, 3.05) is 25.1 Å². The molecule has 1 saturated heterocycles. The Hall–Kier alpha value is -1.31. The third kappa shape index (κ3) is 2.29. The lowest BCUT2D eigenvalue weighted by Gasteiger charge is -2.25. The molecule has 0 spiro atoms. The number of thiazole rings is 1. The normalized spacial score (nSPS) is 28.8. The summed E-state index contributed by atoms with van der Waals surface area (Å²) in [6, 6.07) is 0. The first-order chi connectivity index (χ1) is 9.87. The van der Waals surface area contributed by atoms with Gasteiger partial charge < -0.3 is 9.64 Å². The second-order valence-corrected chi connectivity index (χ2v) is 6.47. The number of rotatable bonds is 2. The van der Waals surface area contributed by atoms with E-state index in [0.717, 1.165) is 36.0 Å². The largest absolute Gasteiger partial charge is 0.469 e. The minimum Gasteiger partial charge on any atom is -0.469 e. The van der Waals surface area contributed by atoms with E-state index in [9.17, 15) is 18.0 Å². The Morgan fingerprint density at radius 3 is 2.95 bits per heavy atom. The summed E-state index contributed by atoms with van der Waals surface area (Å²) in [6.07, 6.45) is -1.83. The molecule has 0 aromatic carbocycles. The van der Waals surface area contributed by atoms with E-state index >= 15 is 0 Å². The van der Waals surface area contributed by atoms with Gasteiger partial charge in [-0.15, -0.1) is 11.3 Å². The van der Waals surface area contributed by atoms with Crippen molar-refractivity contribution in [2.24, 2.45) is 11.3 Å². The van der Waals surface area contributed by atoms with E-state index in [1.165, 1.54) is 7.11 Å². The van der Waals surface area contributed by atoms with Crippen molar-refractivity contribution in [2.45, 2.75) is 25.4 Å². The van der Waals surface area contributed by atoms with Gasteiger partial charge in [0.15, 0.2) is 10.8 Å². The summed E-state index contributed by atoms with van der Waals surface area (Å²) < 4.78 is 42.8. The van der Waals surface area contributed by atoms with Gasteiger partial charge in [-0.25, -0.2) is 4.98 Å². The Labute approximate surface area is 123 Å². The summed E-state index contributed by atoms with van der Waals surface area (Å²) in [5.74, 6) is -0.108. The highest BCUT2D eigenvalue weighted by atomic mass is 32.1. The van der Waals surface area contributed by atoms with Crippen LogP contribution in [0.1, 0.15) is 25.0 Å². The lowest BCUT2D eigenvalue weighted by Crippen LogP contribution is -2.36. The Bertz CT molecular complexity index is 560. The molecule has 0 amide bonds. The van der Waals surface area contributed by atoms with Crippen LogP contribution in [-0.4, -0.2) is 31.2 Å². The number of ether oxygens (including phenoxy) is 1. The number of hydrogen-bond acceptors (Lipinski definition) is 5. The monoisotopic (exact) mass is 320 g/mol. The van der Waals surface area contributed by atoms with Crippen LogP contribution in [0.25, 0.3) is 0 Å². The summed E-state index contributed by atoms with van der Waals surface area (Å²) in [6.45, 7) is 0.967. The SMILES string of the molecule is COC(=O)C12CCCC1CN(c1nc(C(F)(F)F)cs1)C2. The minimum absolute atomic E-state index is 0.142. The second kappa shape index (κ2) is 4.86. The number of hydrogen-bond donors (Lipinski definition) is 0. The fraction of sp³-hybridized carbons (Fsp3) is 0.692. The van der Waals surface area contributed by atoms with Crippen molar-refractivity contribution < 1.29 is 22.7 Å². The molecule has 2 aliphatic rings. The number of fused-ring (bicyclic) bond motifs is 1. The predicted molar refractivity (Wildman–Crippen MR) is 71.1 cm³/mol. The Morgan fingerprint density at radius 2 is 2.33 bits per heavy atom. The highest BCUT2D eigenvalue weighted by Gasteiger charge is 2.56. The molecule has 2 fully saturated rings. The molecule has 2 atom stereocenters. The first-order valence-corrected chi connectivity index (χ1v) is 7.61. The molecule has 1 aliphatic heterocycles. The molecule has 2 unspecified atom stereocenters. The van der Waals surface area contributed by atoms with Gasteiger partial charge in [0.05, 0.1) is 12.5 Å². The van der Waals surface area contributed by atoms with E-state index in [0.29, 0.717) is 18.2 Å². The first kappa shape index (κ1) is 14.6. The van der Waals surface area contributed by atoms with Crippen LogP contribution in [0.4, 0.5) is 18.3 Å². The van der Waals surface area contributed by atoms with Gasteiger partial charge in [0, 0.05) is 18.5 Å². The van der Waals surface area contributed by atoms with Crippen LogP contribution in [0.2, 0.25) is 0 Å². The molecule has 0 N–H and O–H groups in total. The fourth-order valence-electron chi connectivity index (χ4n) is 3.51. The van der Waals surface area contributed by atoms with Crippen LogP contribution < -0.4 is 4.90 Å². The zero-order chi connectivity index (χ0) is 15.3. The average Bonchev–Trinajstić information content (AvgIpc) is 3.09. The maximum Gasteiger partial charge on any atom is 0.434 e. The van der Waals surface area contributed by atoms with E-state index in [1.54, 1.807) is 4.90 Å². The van der Waals surface area contributed by atoms with Crippen LogP contribution >= 0.6 is 11.3 Å². The molecule has 116 valence electrons. The van der Waals surface area contributed by atoms with Gasteiger partial charge in [-0.1, -0.05) is 6.42 Å². The third-order valence-electron chi connectivity index (χ3n) is 4.52. The van der Waals surface area contributed by atoms with Gasteiger partial charge in [0.1, 0.15) is 0 Å². The van der Waals surface area contributed by atoms with Gasteiger partial charge in [-0.2, -0.15) is 13.2 Å². The summed E-state index contributed by atoms with van der Waals surface area (Å²) in [5.41, 5.74) is -1.44. The van der Waals surface area contributed by atoms with Gasteiger partial charge >= 0.3 is 12.1 Å². The smallest absolute Gasteiger partial charge is 0.434 e.